The molecule has 2 atom stereocenters. The molecule has 0 aromatic rings. The van der Waals surface area contributed by atoms with Gasteiger partial charge in [-0.25, -0.2) is 0 Å². The van der Waals surface area contributed by atoms with Crippen LogP contribution in [0.25, 0.3) is 0 Å². The van der Waals surface area contributed by atoms with E-state index < -0.39 is 18.6 Å². The Hall–Kier alpha value is -0.820. The Kier molecular flexibility index (Phi) is 6.75. The van der Waals surface area contributed by atoms with Crippen LogP contribution in [0.4, 0.5) is 13.2 Å². The first-order chi connectivity index (χ1) is 9.35. The largest absolute Gasteiger partial charge is 0.405 e. The summed E-state index contributed by atoms with van der Waals surface area (Å²) in [7, 11) is 0. The number of halogens is 3. The number of hydrogen-bond acceptors (Lipinski definition) is 3. The quantitative estimate of drug-likeness (QED) is 0.778. The van der Waals surface area contributed by atoms with Gasteiger partial charge in [-0.2, -0.15) is 13.2 Å². The summed E-state index contributed by atoms with van der Waals surface area (Å²) in [4.78, 5) is 13.4. The molecule has 1 fully saturated rings. The maximum Gasteiger partial charge on any atom is 0.405 e. The van der Waals surface area contributed by atoms with Crippen LogP contribution in [0, 0.1) is 5.92 Å². The van der Waals surface area contributed by atoms with Gasteiger partial charge in [0.25, 0.3) is 0 Å². The van der Waals surface area contributed by atoms with Gasteiger partial charge in [0.2, 0.25) is 5.91 Å². The molecule has 0 bridgehead atoms. The van der Waals surface area contributed by atoms with Crippen LogP contribution in [0.3, 0.4) is 0 Å². The fourth-order valence-corrected chi connectivity index (χ4v) is 2.65. The average molecular weight is 295 g/mol. The number of rotatable bonds is 6. The van der Waals surface area contributed by atoms with E-state index in [1.54, 1.807) is 0 Å². The summed E-state index contributed by atoms with van der Waals surface area (Å²) in [6.07, 6.45) is -2.42. The predicted molar refractivity (Wildman–Crippen MR) is 71.4 cm³/mol. The van der Waals surface area contributed by atoms with Crippen molar-refractivity contribution >= 4 is 5.91 Å². The van der Waals surface area contributed by atoms with Gasteiger partial charge in [-0.05, 0) is 18.9 Å². The molecule has 1 amide bonds. The number of likely N-dealkylation sites (tertiary alicyclic amines) is 1. The van der Waals surface area contributed by atoms with E-state index in [1.165, 1.54) is 0 Å². The zero-order valence-electron chi connectivity index (χ0n) is 12.1. The zero-order chi connectivity index (χ0) is 15.2. The van der Waals surface area contributed by atoms with Gasteiger partial charge in [0.05, 0.1) is 6.54 Å². The maximum absolute atomic E-state index is 12.0. The molecule has 1 aliphatic heterocycles. The fourth-order valence-electron chi connectivity index (χ4n) is 2.65. The molecule has 1 aliphatic rings. The van der Waals surface area contributed by atoms with E-state index in [9.17, 15) is 18.0 Å². The first-order valence-electron chi connectivity index (χ1n) is 7.14. The molecule has 0 spiro atoms. The minimum absolute atomic E-state index is 0.0470. The minimum atomic E-state index is -4.35. The molecule has 7 heteroatoms. The van der Waals surface area contributed by atoms with E-state index >= 15 is 0 Å². The molecular weight excluding hydrogens is 271 g/mol. The second-order valence-corrected chi connectivity index (χ2v) is 5.25. The molecule has 0 aromatic heterocycles. The van der Waals surface area contributed by atoms with Gasteiger partial charge in [-0.15, -0.1) is 0 Å². The highest BCUT2D eigenvalue weighted by molar-refractivity contribution is 5.78. The molecule has 2 unspecified atom stereocenters. The van der Waals surface area contributed by atoms with Crippen LogP contribution in [0.15, 0.2) is 0 Å². The maximum atomic E-state index is 12.0. The Balaban J connectivity index is 2.36. The van der Waals surface area contributed by atoms with Crippen LogP contribution >= 0.6 is 0 Å². The van der Waals surface area contributed by atoms with Crippen LogP contribution < -0.4 is 10.6 Å². The Labute approximate surface area is 118 Å². The van der Waals surface area contributed by atoms with Gasteiger partial charge in [0.1, 0.15) is 6.54 Å². The van der Waals surface area contributed by atoms with Crippen molar-refractivity contribution in [3.05, 3.63) is 0 Å². The molecule has 0 aromatic carbocycles. The number of carbonyl (C=O) groups excluding carboxylic acids is 1. The molecule has 2 N–H and O–H groups in total. The lowest BCUT2D eigenvalue weighted by Gasteiger charge is -2.38. The summed E-state index contributed by atoms with van der Waals surface area (Å²) in [5.74, 6) is -0.113. The standard InChI is InChI=1S/C13H24F3N3O/c1-3-10-7-19(6-5-11(10)17-4-2)8-12(20)18-9-13(14,15)16/h10-11,17H,3-9H2,1-2H3,(H,18,20). The van der Waals surface area contributed by atoms with Crippen molar-refractivity contribution in [1.29, 1.82) is 0 Å². The molecule has 0 radical (unpaired) electrons. The number of nitrogens with one attached hydrogen (secondary N) is 2. The monoisotopic (exact) mass is 295 g/mol. The number of piperidine rings is 1. The topological polar surface area (TPSA) is 44.4 Å². The summed E-state index contributed by atoms with van der Waals surface area (Å²) < 4.78 is 36.0. The third-order valence-corrected chi connectivity index (χ3v) is 3.66. The van der Waals surface area contributed by atoms with Crippen molar-refractivity contribution in [2.24, 2.45) is 5.92 Å². The van der Waals surface area contributed by atoms with Gasteiger partial charge in [0.15, 0.2) is 0 Å². The van der Waals surface area contributed by atoms with Gasteiger partial charge < -0.3 is 10.6 Å². The Morgan fingerprint density at radius 3 is 2.60 bits per heavy atom. The van der Waals surface area contributed by atoms with Crippen LogP contribution in [0.1, 0.15) is 26.7 Å². The normalized spacial score (nSPS) is 24.6. The molecule has 20 heavy (non-hydrogen) atoms. The van der Waals surface area contributed by atoms with Crippen molar-refractivity contribution in [1.82, 2.24) is 15.5 Å². The first-order valence-corrected chi connectivity index (χ1v) is 7.14. The SMILES string of the molecule is CCNC1CCN(CC(=O)NCC(F)(F)F)CC1CC. The van der Waals surface area contributed by atoms with Gasteiger partial charge in [0, 0.05) is 19.1 Å². The summed E-state index contributed by atoms with van der Waals surface area (Å²) in [5.41, 5.74) is 0. The summed E-state index contributed by atoms with van der Waals surface area (Å²) in [5, 5.41) is 5.35. The molecule has 0 saturated carbocycles. The summed E-state index contributed by atoms with van der Waals surface area (Å²) in [6.45, 7) is 5.36. The lowest BCUT2D eigenvalue weighted by Crippen LogP contribution is -2.51. The molecule has 0 aliphatic carbocycles. The zero-order valence-corrected chi connectivity index (χ0v) is 12.1. The predicted octanol–water partition coefficient (Wildman–Crippen LogP) is 1.37. The van der Waals surface area contributed by atoms with Crippen LogP contribution in [-0.2, 0) is 4.79 Å². The lowest BCUT2D eigenvalue weighted by molar-refractivity contribution is -0.139. The van der Waals surface area contributed by atoms with E-state index in [0.717, 1.165) is 32.5 Å². The van der Waals surface area contributed by atoms with E-state index in [0.29, 0.717) is 12.0 Å². The van der Waals surface area contributed by atoms with Crippen molar-refractivity contribution in [3.63, 3.8) is 0 Å². The molecular formula is C13H24F3N3O. The Morgan fingerprint density at radius 1 is 1.35 bits per heavy atom. The highest BCUT2D eigenvalue weighted by atomic mass is 19.4. The molecule has 118 valence electrons. The fraction of sp³-hybridized carbons (Fsp3) is 0.923. The first kappa shape index (κ1) is 17.2. The smallest absolute Gasteiger partial charge is 0.346 e. The second-order valence-electron chi connectivity index (χ2n) is 5.25. The average Bonchev–Trinajstić information content (AvgIpc) is 2.37. The molecule has 1 rings (SSSR count). The third kappa shape index (κ3) is 6.09. The Bertz CT molecular complexity index is 310. The lowest BCUT2D eigenvalue weighted by atomic mass is 9.90. The molecule has 4 nitrogen and oxygen atoms in total. The van der Waals surface area contributed by atoms with Crippen molar-refractivity contribution < 1.29 is 18.0 Å². The summed E-state index contributed by atoms with van der Waals surface area (Å²) in [6, 6.07) is 0.444. The van der Waals surface area contributed by atoms with E-state index in [2.05, 4.69) is 19.2 Å². The number of carbonyl (C=O) groups is 1. The number of alkyl halides is 3. The number of nitrogens with zero attached hydrogens (tertiary/aromatic N) is 1. The minimum Gasteiger partial charge on any atom is -0.346 e. The molecule has 1 heterocycles. The van der Waals surface area contributed by atoms with E-state index in [-0.39, 0.29) is 6.54 Å². The van der Waals surface area contributed by atoms with Crippen LogP contribution in [0.5, 0.6) is 0 Å². The van der Waals surface area contributed by atoms with Crippen molar-refractivity contribution in [3.8, 4) is 0 Å². The molecule has 1 saturated heterocycles. The summed E-state index contributed by atoms with van der Waals surface area (Å²) >= 11 is 0. The van der Waals surface area contributed by atoms with Crippen LogP contribution in [0.2, 0.25) is 0 Å². The van der Waals surface area contributed by atoms with Crippen molar-refractivity contribution in [2.75, 3.05) is 32.7 Å². The highest BCUT2D eigenvalue weighted by Gasteiger charge is 2.30. The van der Waals surface area contributed by atoms with E-state index in [4.69, 9.17) is 0 Å². The van der Waals surface area contributed by atoms with Crippen molar-refractivity contribution in [2.45, 2.75) is 38.9 Å². The number of hydrogen-bond donors (Lipinski definition) is 2. The van der Waals surface area contributed by atoms with Gasteiger partial charge in [-0.3, -0.25) is 9.69 Å². The highest BCUT2D eigenvalue weighted by Crippen LogP contribution is 2.20. The third-order valence-electron chi connectivity index (χ3n) is 3.66. The van der Waals surface area contributed by atoms with E-state index in [1.807, 2.05) is 10.2 Å². The van der Waals surface area contributed by atoms with Crippen LogP contribution in [-0.4, -0.2) is 55.7 Å². The number of amides is 1. The Morgan fingerprint density at radius 2 is 2.05 bits per heavy atom. The van der Waals surface area contributed by atoms with Gasteiger partial charge in [-0.1, -0.05) is 20.3 Å². The second kappa shape index (κ2) is 7.83. The van der Waals surface area contributed by atoms with Gasteiger partial charge >= 0.3 is 6.18 Å².